The molecule has 1 aliphatic heterocycles. The number of carboxylic acid groups (broad SMARTS) is 1. The number of alkyl halides is 3. The molecule has 1 unspecified atom stereocenters. The molecule has 16 heteroatoms. The van der Waals surface area contributed by atoms with Crippen molar-refractivity contribution in [2.24, 2.45) is 0 Å². The largest absolute Gasteiger partial charge is 0.573 e. The lowest BCUT2D eigenvalue weighted by atomic mass is 9.82. The molecule has 1 atom stereocenters. The van der Waals surface area contributed by atoms with Crippen LogP contribution in [0.4, 0.5) is 18.3 Å². The fraction of sp³-hybridized carbons (Fsp3) is 0.393. The van der Waals surface area contributed by atoms with Crippen LogP contribution in [-0.4, -0.2) is 66.7 Å². The fourth-order valence-corrected chi connectivity index (χ4v) is 7.26. The molecule has 1 aromatic heterocycles. The van der Waals surface area contributed by atoms with Gasteiger partial charge in [0.2, 0.25) is 15.9 Å². The van der Waals surface area contributed by atoms with Crippen LogP contribution in [0, 0.1) is 0 Å². The number of benzene rings is 2. The van der Waals surface area contributed by atoms with Gasteiger partial charge in [-0.3, -0.25) is 4.79 Å². The Labute approximate surface area is 261 Å². The monoisotopic (exact) mass is 674 g/mol. The second-order valence-electron chi connectivity index (χ2n) is 10.7. The first-order chi connectivity index (χ1) is 20.5. The minimum atomic E-state index is -4.95. The van der Waals surface area contributed by atoms with Crippen molar-refractivity contribution >= 4 is 50.0 Å². The van der Waals surface area contributed by atoms with Crippen molar-refractivity contribution in [2.45, 2.75) is 56.5 Å². The van der Waals surface area contributed by atoms with Gasteiger partial charge in [0.05, 0.1) is 4.90 Å². The van der Waals surface area contributed by atoms with Crippen molar-refractivity contribution in [1.29, 1.82) is 0 Å². The predicted molar refractivity (Wildman–Crippen MR) is 159 cm³/mol. The number of anilines is 1. The number of thiazole rings is 1. The highest BCUT2D eigenvalue weighted by Gasteiger charge is 2.41. The third kappa shape index (κ3) is 7.62. The molecule has 1 saturated heterocycles. The Hall–Kier alpha value is -3.40. The summed E-state index contributed by atoms with van der Waals surface area (Å²) in [6, 6.07) is 10.1. The van der Waals surface area contributed by atoms with Crippen LogP contribution in [0.2, 0.25) is 5.15 Å². The van der Waals surface area contributed by atoms with Gasteiger partial charge >= 0.3 is 12.3 Å². The van der Waals surface area contributed by atoms with E-state index < -0.39 is 40.1 Å². The Kier molecular flexibility index (Phi) is 9.83. The highest BCUT2D eigenvalue weighted by Crippen LogP contribution is 2.33. The zero-order valence-corrected chi connectivity index (χ0v) is 26.3. The molecule has 2 aromatic carbocycles. The number of aromatic nitrogens is 1. The van der Waals surface area contributed by atoms with E-state index in [2.05, 4.69) is 35.8 Å². The average Bonchev–Trinajstić information content (AvgIpc) is 3.37. The van der Waals surface area contributed by atoms with Crippen LogP contribution in [0.15, 0.2) is 53.4 Å². The number of carbonyl (C=O) groups excluding carboxylic acids is 1. The smallest absolute Gasteiger partial charge is 0.477 e. The number of amides is 1. The third-order valence-corrected chi connectivity index (χ3v) is 10.8. The summed E-state index contributed by atoms with van der Waals surface area (Å²) in [5.41, 5.74) is 1.89. The van der Waals surface area contributed by atoms with Crippen LogP contribution in [0.3, 0.4) is 0 Å². The number of ether oxygens (including phenoxy) is 1. The molecular weight excluding hydrogens is 645 g/mol. The molecule has 0 bridgehead atoms. The predicted octanol–water partition coefficient (Wildman–Crippen LogP) is 5.28. The number of carbonyl (C=O) groups is 2. The van der Waals surface area contributed by atoms with E-state index in [0.29, 0.717) is 0 Å². The standard InChI is InChI=1S/C28H30ClF3N4O6S2/c1-4-27(2,3)18-7-5-17(6-8-18)15-33-24(37)21-16-35(26-34-23(29)22(43-26)25(38)39)13-14-36(21)44(40,41)20-11-9-19(10-12-20)42-28(30,31)32/h5-12,21H,4,13-16H2,1-3H3,(H,33,37)(H,38,39). The molecule has 0 saturated carbocycles. The van der Waals surface area contributed by atoms with E-state index in [4.69, 9.17) is 11.6 Å². The van der Waals surface area contributed by atoms with Gasteiger partial charge in [-0.25, -0.2) is 18.2 Å². The minimum Gasteiger partial charge on any atom is -0.477 e. The Balaban J connectivity index is 1.59. The Morgan fingerprint density at radius 1 is 1.11 bits per heavy atom. The van der Waals surface area contributed by atoms with E-state index in [1.54, 1.807) is 4.90 Å². The number of piperazine rings is 1. The van der Waals surface area contributed by atoms with E-state index in [1.807, 2.05) is 24.3 Å². The quantitative estimate of drug-likeness (QED) is 0.298. The molecule has 0 aliphatic carbocycles. The van der Waals surface area contributed by atoms with Crippen LogP contribution >= 0.6 is 22.9 Å². The summed E-state index contributed by atoms with van der Waals surface area (Å²) in [5, 5.41) is 12.1. The molecule has 0 radical (unpaired) electrons. The first kappa shape index (κ1) is 33.5. The van der Waals surface area contributed by atoms with E-state index in [0.717, 1.165) is 57.5 Å². The highest BCUT2D eigenvalue weighted by atomic mass is 35.5. The molecule has 1 fully saturated rings. The molecule has 0 spiro atoms. The molecule has 238 valence electrons. The van der Waals surface area contributed by atoms with Crippen molar-refractivity contribution in [3.8, 4) is 5.75 Å². The summed E-state index contributed by atoms with van der Waals surface area (Å²) < 4.78 is 69.9. The summed E-state index contributed by atoms with van der Waals surface area (Å²) in [4.78, 5) is 30.2. The molecule has 1 aliphatic rings. The molecule has 2 heterocycles. The third-order valence-electron chi connectivity index (χ3n) is 7.42. The van der Waals surface area contributed by atoms with E-state index in [9.17, 15) is 36.3 Å². The lowest BCUT2D eigenvalue weighted by Crippen LogP contribution is -2.60. The number of nitrogens with one attached hydrogen (secondary N) is 1. The van der Waals surface area contributed by atoms with Crippen molar-refractivity contribution in [3.05, 3.63) is 69.7 Å². The number of hydrogen-bond acceptors (Lipinski definition) is 8. The summed E-state index contributed by atoms with van der Waals surface area (Å²) in [6.07, 6.45) is -4.02. The molecule has 10 nitrogen and oxygen atoms in total. The second kappa shape index (κ2) is 12.9. The number of nitrogens with zero attached hydrogens (tertiary/aromatic N) is 3. The van der Waals surface area contributed by atoms with E-state index >= 15 is 0 Å². The topological polar surface area (TPSA) is 129 Å². The van der Waals surface area contributed by atoms with Crippen molar-refractivity contribution < 1.29 is 41.0 Å². The van der Waals surface area contributed by atoms with Gasteiger partial charge in [-0.1, -0.05) is 68.0 Å². The van der Waals surface area contributed by atoms with Crippen LogP contribution in [-0.2, 0) is 26.8 Å². The number of aromatic carboxylic acids is 1. The van der Waals surface area contributed by atoms with E-state index in [-0.39, 0.29) is 51.7 Å². The Morgan fingerprint density at radius 3 is 2.30 bits per heavy atom. The maximum absolute atomic E-state index is 13.7. The van der Waals surface area contributed by atoms with Crippen LogP contribution in [0.5, 0.6) is 5.75 Å². The number of sulfonamides is 1. The van der Waals surface area contributed by atoms with Crippen molar-refractivity contribution in [2.75, 3.05) is 24.5 Å². The normalized spacial score (nSPS) is 16.5. The van der Waals surface area contributed by atoms with Crippen molar-refractivity contribution in [3.63, 3.8) is 0 Å². The molecule has 4 rings (SSSR count). The summed E-state index contributed by atoms with van der Waals surface area (Å²) in [5.74, 6) is -2.51. The van der Waals surface area contributed by atoms with Crippen LogP contribution in [0.25, 0.3) is 0 Å². The average molecular weight is 675 g/mol. The Bertz CT molecular complexity index is 1610. The highest BCUT2D eigenvalue weighted by molar-refractivity contribution is 7.89. The van der Waals surface area contributed by atoms with Gasteiger partial charge in [-0.15, -0.1) is 13.2 Å². The lowest BCUT2D eigenvalue weighted by molar-refractivity contribution is -0.274. The van der Waals surface area contributed by atoms with Gasteiger partial charge in [-0.2, -0.15) is 4.31 Å². The van der Waals surface area contributed by atoms with Gasteiger partial charge in [0.25, 0.3) is 0 Å². The van der Waals surface area contributed by atoms with Crippen molar-refractivity contribution in [1.82, 2.24) is 14.6 Å². The number of halogens is 4. The SMILES string of the molecule is CCC(C)(C)c1ccc(CNC(=O)C2CN(c3nc(Cl)c(C(=O)O)s3)CCN2S(=O)(=O)c2ccc(OC(F)(F)F)cc2)cc1. The first-order valence-electron chi connectivity index (χ1n) is 13.4. The minimum absolute atomic E-state index is 0.0293. The lowest BCUT2D eigenvalue weighted by Gasteiger charge is -2.39. The van der Waals surface area contributed by atoms with Gasteiger partial charge in [-0.05, 0) is 47.2 Å². The Morgan fingerprint density at radius 2 is 1.75 bits per heavy atom. The summed E-state index contributed by atoms with van der Waals surface area (Å²) >= 11 is 6.78. The van der Waals surface area contributed by atoms with Crippen LogP contribution < -0.4 is 15.0 Å². The zero-order valence-electron chi connectivity index (χ0n) is 23.9. The molecular formula is C28H30ClF3N4O6S2. The van der Waals surface area contributed by atoms with E-state index in [1.165, 1.54) is 0 Å². The molecule has 3 aromatic rings. The maximum Gasteiger partial charge on any atom is 0.573 e. The van der Waals surface area contributed by atoms with Crippen LogP contribution in [0.1, 0.15) is 48.0 Å². The van der Waals surface area contributed by atoms with Gasteiger partial charge in [0, 0.05) is 26.2 Å². The van der Waals surface area contributed by atoms with Gasteiger partial charge < -0.3 is 20.1 Å². The molecule has 1 amide bonds. The molecule has 2 N–H and O–H groups in total. The fourth-order valence-electron chi connectivity index (χ4n) is 4.53. The number of rotatable bonds is 10. The number of carboxylic acids is 1. The zero-order chi connectivity index (χ0) is 32.4. The number of hydrogen-bond donors (Lipinski definition) is 2. The summed E-state index contributed by atoms with van der Waals surface area (Å²) in [7, 11) is -4.37. The molecule has 44 heavy (non-hydrogen) atoms. The maximum atomic E-state index is 13.7. The van der Waals surface area contributed by atoms with Gasteiger partial charge in [0.1, 0.15) is 11.8 Å². The first-order valence-corrected chi connectivity index (χ1v) is 16.0. The second-order valence-corrected chi connectivity index (χ2v) is 13.9. The summed E-state index contributed by atoms with van der Waals surface area (Å²) in [6.45, 7) is 6.09. The van der Waals surface area contributed by atoms with Gasteiger partial charge in [0.15, 0.2) is 15.2 Å².